The molecular formula is C19H22N4O4S. The molecule has 1 N–H and O–H groups in total. The molecule has 1 aromatic carbocycles. The molecular weight excluding hydrogens is 380 g/mol. The summed E-state index contributed by atoms with van der Waals surface area (Å²) in [6.45, 7) is 2.50. The van der Waals surface area contributed by atoms with Crippen molar-refractivity contribution >= 4 is 33.2 Å². The van der Waals surface area contributed by atoms with Gasteiger partial charge in [-0.25, -0.2) is 13.1 Å². The minimum Gasteiger partial charge on any atom is -0.312 e. The number of hydrogen-bond acceptors (Lipinski definition) is 5. The average Bonchev–Trinajstić information content (AvgIpc) is 3.33. The van der Waals surface area contributed by atoms with Gasteiger partial charge in [0.15, 0.2) is 9.84 Å². The van der Waals surface area contributed by atoms with E-state index in [-0.39, 0.29) is 29.4 Å². The fraction of sp³-hybridized carbons (Fsp3) is 0.421. The van der Waals surface area contributed by atoms with E-state index in [1.165, 1.54) is 0 Å². The number of hydrogen-bond donors (Lipinski definition) is 1. The molecule has 0 bridgehead atoms. The van der Waals surface area contributed by atoms with Crippen LogP contribution in [0.2, 0.25) is 0 Å². The molecule has 148 valence electrons. The molecule has 28 heavy (non-hydrogen) atoms. The van der Waals surface area contributed by atoms with Crippen LogP contribution in [0.4, 0.5) is 11.5 Å². The third-order valence-corrected chi connectivity index (χ3v) is 6.92. The van der Waals surface area contributed by atoms with Gasteiger partial charge in [-0.1, -0.05) is 0 Å². The average molecular weight is 402 g/mol. The number of nitrogens with one attached hydrogen (secondary N) is 1. The summed E-state index contributed by atoms with van der Waals surface area (Å²) in [5.74, 6) is 0.462. The largest absolute Gasteiger partial charge is 0.312 e. The first-order chi connectivity index (χ1) is 13.3. The predicted octanol–water partition coefficient (Wildman–Crippen LogP) is 1.93. The standard InChI is InChI=1S/C19H22N4O4S/c1-13-11-17(23(21-13)16-8-10-28(26,27)12-16)20-19(25)14-4-6-15(7-5-14)22-9-2-3-18(22)24/h4-7,11,16H,2-3,8-10,12H2,1H3,(H,20,25)/t16-/m1/s1. The molecule has 8 nitrogen and oxygen atoms in total. The van der Waals surface area contributed by atoms with Crippen molar-refractivity contribution in [3.63, 3.8) is 0 Å². The van der Waals surface area contributed by atoms with Gasteiger partial charge in [0.05, 0.1) is 23.2 Å². The van der Waals surface area contributed by atoms with Crippen molar-refractivity contribution in [3.05, 3.63) is 41.6 Å². The van der Waals surface area contributed by atoms with Crippen LogP contribution in [0.3, 0.4) is 0 Å². The van der Waals surface area contributed by atoms with E-state index in [0.717, 1.165) is 12.1 Å². The first-order valence-electron chi connectivity index (χ1n) is 9.31. The Morgan fingerprint density at radius 1 is 1.25 bits per heavy atom. The molecule has 2 saturated heterocycles. The molecule has 2 fully saturated rings. The van der Waals surface area contributed by atoms with E-state index < -0.39 is 9.84 Å². The molecule has 0 spiro atoms. The number of amides is 2. The van der Waals surface area contributed by atoms with Gasteiger partial charge in [0.2, 0.25) is 5.91 Å². The monoisotopic (exact) mass is 402 g/mol. The van der Waals surface area contributed by atoms with E-state index in [1.807, 2.05) is 0 Å². The van der Waals surface area contributed by atoms with Gasteiger partial charge in [-0.3, -0.25) is 9.59 Å². The molecule has 0 radical (unpaired) electrons. The molecule has 9 heteroatoms. The smallest absolute Gasteiger partial charge is 0.256 e. The Morgan fingerprint density at radius 2 is 2.00 bits per heavy atom. The van der Waals surface area contributed by atoms with Crippen LogP contribution in [0.5, 0.6) is 0 Å². The third-order valence-electron chi connectivity index (χ3n) is 5.17. The molecule has 2 amide bonds. The van der Waals surface area contributed by atoms with Crippen LogP contribution in [0, 0.1) is 6.92 Å². The summed E-state index contributed by atoms with van der Waals surface area (Å²) in [6.07, 6.45) is 1.90. The van der Waals surface area contributed by atoms with Crippen molar-refractivity contribution in [2.45, 2.75) is 32.2 Å². The molecule has 0 saturated carbocycles. The van der Waals surface area contributed by atoms with Crippen molar-refractivity contribution in [3.8, 4) is 0 Å². The van der Waals surface area contributed by atoms with Crippen molar-refractivity contribution in [1.29, 1.82) is 0 Å². The van der Waals surface area contributed by atoms with Gasteiger partial charge in [-0.05, 0) is 44.0 Å². The van der Waals surface area contributed by atoms with Gasteiger partial charge in [0.1, 0.15) is 5.82 Å². The van der Waals surface area contributed by atoms with Crippen molar-refractivity contribution in [1.82, 2.24) is 9.78 Å². The maximum absolute atomic E-state index is 12.7. The van der Waals surface area contributed by atoms with E-state index in [9.17, 15) is 18.0 Å². The molecule has 0 aliphatic carbocycles. The summed E-state index contributed by atoms with van der Waals surface area (Å²) in [7, 11) is -3.05. The Balaban J connectivity index is 1.50. The number of carbonyl (C=O) groups excluding carboxylic acids is 2. The van der Waals surface area contributed by atoms with E-state index >= 15 is 0 Å². The number of aromatic nitrogens is 2. The third kappa shape index (κ3) is 3.66. The summed E-state index contributed by atoms with van der Waals surface area (Å²) in [5, 5.41) is 7.21. The first kappa shape index (κ1) is 18.7. The van der Waals surface area contributed by atoms with Crippen molar-refractivity contribution < 1.29 is 18.0 Å². The number of anilines is 2. The predicted molar refractivity (Wildman–Crippen MR) is 105 cm³/mol. The Hall–Kier alpha value is -2.68. The van der Waals surface area contributed by atoms with E-state index in [1.54, 1.807) is 46.8 Å². The minimum absolute atomic E-state index is 0.0373. The quantitative estimate of drug-likeness (QED) is 0.842. The highest BCUT2D eigenvalue weighted by atomic mass is 32.2. The lowest BCUT2D eigenvalue weighted by atomic mass is 10.2. The number of aryl methyl sites for hydroxylation is 1. The molecule has 0 unspecified atom stereocenters. The number of nitrogens with zero attached hydrogens (tertiary/aromatic N) is 3. The second-order valence-electron chi connectivity index (χ2n) is 7.32. The lowest BCUT2D eigenvalue weighted by Crippen LogP contribution is -2.23. The van der Waals surface area contributed by atoms with Gasteiger partial charge >= 0.3 is 0 Å². The summed E-state index contributed by atoms with van der Waals surface area (Å²) in [5.41, 5.74) is 1.96. The fourth-order valence-electron chi connectivity index (χ4n) is 3.76. The summed E-state index contributed by atoms with van der Waals surface area (Å²) in [4.78, 5) is 26.2. The zero-order chi connectivity index (χ0) is 19.9. The van der Waals surface area contributed by atoms with E-state index in [0.29, 0.717) is 36.5 Å². The zero-order valence-corrected chi connectivity index (χ0v) is 16.4. The Morgan fingerprint density at radius 3 is 2.61 bits per heavy atom. The fourth-order valence-corrected chi connectivity index (χ4v) is 5.45. The molecule has 1 atom stereocenters. The van der Waals surface area contributed by atoms with Crippen molar-refractivity contribution in [2.75, 3.05) is 28.3 Å². The number of rotatable bonds is 4. The number of sulfone groups is 1. The normalized spacial score (nSPS) is 21.2. The van der Waals surface area contributed by atoms with Gasteiger partial charge in [-0.2, -0.15) is 5.10 Å². The van der Waals surface area contributed by atoms with Crippen LogP contribution in [0.15, 0.2) is 30.3 Å². The Kier molecular flexibility index (Phi) is 4.70. The highest BCUT2D eigenvalue weighted by Gasteiger charge is 2.31. The van der Waals surface area contributed by atoms with Gasteiger partial charge < -0.3 is 10.2 Å². The zero-order valence-electron chi connectivity index (χ0n) is 15.6. The summed E-state index contributed by atoms with van der Waals surface area (Å²) in [6, 6.07) is 8.37. The minimum atomic E-state index is -3.05. The maximum atomic E-state index is 12.7. The van der Waals surface area contributed by atoms with Gasteiger partial charge in [-0.15, -0.1) is 0 Å². The highest BCUT2D eigenvalue weighted by Crippen LogP contribution is 2.27. The second kappa shape index (κ2) is 7.05. The van der Waals surface area contributed by atoms with Crippen LogP contribution < -0.4 is 10.2 Å². The number of carbonyl (C=O) groups is 2. The lowest BCUT2D eigenvalue weighted by Gasteiger charge is -2.16. The van der Waals surface area contributed by atoms with Crippen LogP contribution in [-0.2, 0) is 14.6 Å². The van der Waals surface area contributed by atoms with Gasteiger partial charge in [0.25, 0.3) is 5.91 Å². The van der Waals surface area contributed by atoms with Crippen LogP contribution in [0.25, 0.3) is 0 Å². The number of benzene rings is 1. The Bertz CT molecular complexity index is 1030. The molecule has 3 heterocycles. The molecule has 2 aliphatic heterocycles. The van der Waals surface area contributed by atoms with Gasteiger partial charge in [0, 0.05) is 30.3 Å². The van der Waals surface area contributed by atoms with Crippen LogP contribution in [-0.4, -0.2) is 48.1 Å². The summed E-state index contributed by atoms with van der Waals surface area (Å²) < 4.78 is 25.2. The topological polar surface area (TPSA) is 101 Å². The second-order valence-corrected chi connectivity index (χ2v) is 9.55. The van der Waals surface area contributed by atoms with Crippen molar-refractivity contribution in [2.24, 2.45) is 0 Å². The van der Waals surface area contributed by atoms with Crippen LogP contribution in [0.1, 0.15) is 41.4 Å². The first-order valence-corrected chi connectivity index (χ1v) is 11.1. The molecule has 1 aromatic heterocycles. The lowest BCUT2D eigenvalue weighted by molar-refractivity contribution is -0.117. The Labute approximate surface area is 163 Å². The maximum Gasteiger partial charge on any atom is 0.256 e. The molecule has 2 aliphatic rings. The van der Waals surface area contributed by atoms with E-state index in [4.69, 9.17) is 0 Å². The SMILES string of the molecule is Cc1cc(NC(=O)c2ccc(N3CCCC3=O)cc2)n([C@@H]2CCS(=O)(=O)C2)n1. The molecule has 4 rings (SSSR count). The molecule has 2 aromatic rings. The summed E-state index contributed by atoms with van der Waals surface area (Å²) >= 11 is 0. The highest BCUT2D eigenvalue weighted by molar-refractivity contribution is 7.91. The van der Waals surface area contributed by atoms with Crippen LogP contribution >= 0.6 is 0 Å². The van der Waals surface area contributed by atoms with E-state index in [2.05, 4.69) is 10.4 Å².